The molecule has 0 atom stereocenters. The minimum atomic E-state index is -1.19. The summed E-state index contributed by atoms with van der Waals surface area (Å²) in [6.45, 7) is 12.8. The Morgan fingerprint density at radius 1 is 1.20 bits per heavy atom. The SMILES string of the molecule is CCOC(=O)C(C)(C)Oc1ccc(F)c(B2OC(C)(C)C(C)(C)O2)c1. The summed E-state index contributed by atoms with van der Waals surface area (Å²) in [5, 5.41) is 0. The van der Waals surface area contributed by atoms with Gasteiger partial charge in [-0.05, 0) is 66.7 Å². The second kappa shape index (κ2) is 6.61. The topological polar surface area (TPSA) is 54.0 Å². The highest BCUT2D eigenvalue weighted by Gasteiger charge is 2.52. The van der Waals surface area contributed by atoms with E-state index in [1.54, 1.807) is 20.8 Å². The van der Waals surface area contributed by atoms with Crippen LogP contribution in [0.5, 0.6) is 5.75 Å². The minimum Gasteiger partial charge on any atom is -0.476 e. The van der Waals surface area contributed by atoms with Crippen LogP contribution in [-0.2, 0) is 18.8 Å². The van der Waals surface area contributed by atoms with Crippen LogP contribution in [-0.4, -0.2) is 36.5 Å². The van der Waals surface area contributed by atoms with Gasteiger partial charge in [-0.15, -0.1) is 0 Å². The van der Waals surface area contributed by atoms with E-state index in [-0.39, 0.29) is 12.1 Å². The van der Waals surface area contributed by atoms with Gasteiger partial charge < -0.3 is 18.8 Å². The van der Waals surface area contributed by atoms with E-state index in [2.05, 4.69) is 0 Å². The Bertz CT molecular complexity index is 641. The van der Waals surface area contributed by atoms with E-state index in [0.717, 1.165) is 0 Å². The Kier molecular flexibility index (Phi) is 5.22. The van der Waals surface area contributed by atoms with Crippen molar-refractivity contribution >= 4 is 18.6 Å². The predicted molar refractivity (Wildman–Crippen MR) is 93.5 cm³/mol. The molecule has 0 aliphatic carbocycles. The molecule has 1 heterocycles. The zero-order valence-electron chi connectivity index (χ0n) is 15.9. The maximum absolute atomic E-state index is 14.3. The minimum absolute atomic E-state index is 0.232. The van der Waals surface area contributed by atoms with Gasteiger partial charge in [-0.25, -0.2) is 9.18 Å². The number of carbonyl (C=O) groups is 1. The molecule has 1 aliphatic heterocycles. The predicted octanol–water partition coefficient (Wildman–Crippen LogP) is 2.85. The molecule has 1 aliphatic rings. The lowest BCUT2D eigenvalue weighted by Gasteiger charge is -2.32. The maximum Gasteiger partial charge on any atom is 0.497 e. The van der Waals surface area contributed by atoms with Gasteiger partial charge in [0.15, 0.2) is 5.60 Å². The average Bonchev–Trinajstić information content (AvgIpc) is 2.69. The molecule has 0 N–H and O–H groups in total. The highest BCUT2D eigenvalue weighted by molar-refractivity contribution is 6.62. The van der Waals surface area contributed by atoms with Gasteiger partial charge in [0, 0.05) is 5.46 Å². The van der Waals surface area contributed by atoms with Crippen LogP contribution in [0.2, 0.25) is 0 Å². The maximum atomic E-state index is 14.3. The van der Waals surface area contributed by atoms with Crippen LogP contribution in [0.25, 0.3) is 0 Å². The van der Waals surface area contributed by atoms with Crippen molar-refractivity contribution in [2.24, 2.45) is 0 Å². The van der Waals surface area contributed by atoms with Crippen molar-refractivity contribution in [3.8, 4) is 5.75 Å². The molecule has 25 heavy (non-hydrogen) atoms. The quantitative estimate of drug-likeness (QED) is 0.603. The van der Waals surface area contributed by atoms with Crippen LogP contribution in [0.4, 0.5) is 4.39 Å². The van der Waals surface area contributed by atoms with Crippen molar-refractivity contribution in [1.29, 1.82) is 0 Å². The molecule has 1 aromatic rings. The molecule has 1 fully saturated rings. The molecule has 0 radical (unpaired) electrons. The molecule has 0 unspecified atom stereocenters. The van der Waals surface area contributed by atoms with E-state index in [9.17, 15) is 9.18 Å². The third kappa shape index (κ3) is 3.98. The lowest BCUT2D eigenvalue weighted by Crippen LogP contribution is -2.41. The largest absolute Gasteiger partial charge is 0.497 e. The standard InChI is InChI=1S/C18H26BFO5/c1-8-22-15(21)16(2,3)23-12-9-10-14(20)13(11-12)19-24-17(4,5)18(6,7)25-19/h9-11H,8H2,1-7H3. The number of hydrogen-bond donors (Lipinski definition) is 0. The summed E-state index contributed by atoms with van der Waals surface area (Å²) in [6, 6.07) is 4.24. The van der Waals surface area contributed by atoms with E-state index in [0.29, 0.717) is 5.75 Å². The van der Waals surface area contributed by atoms with Crippen molar-refractivity contribution in [2.45, 2.75) is 65.3 Å². The molecule has 0 spiro atoms. The molecular formula is C18H26BFO5. The summed E-state index contributed by atoms with van der Waals surface area (Å²) in [7, 11) is -0.848. The summed E-state index contributed by atoms with van der Waals surface area (Å²) in [5.74, 6) is -0.611. The van der Waals surface area contributed by atoms with E-state index < -0.39 is 35.7 Å². The Morgan fingerprint density at radius 3 is 2.28 bits per heavy atom. The third-order valence-corrected chi connectivity index (χ3v) is 4.61. The van der Waals surface area contributed by atoms with Gasteiger partial charge in [-0.2, -0.15) is 0 Å². The lowest BCUT2D eigenvalue weighted by atomic mass is 9.78. The summed E-state index contributed by atoms with van der Waals surface area (Å²) in [4.78, 5) is 12.0. The fraction of sp³-hybridized carbons (Fsp3) is 0.611. The van der Waals surface area contributed by atoms with Crippen molar-refractivity contribution in [2.75, 3.05) is 6.61 Å². The first-order valence-electron chi connectivity index (χ1n) is 8.41. The van der Waals surface area contributed by atoms with Crippen molar-refractivity contribution in [3.63, 3.8) is 0 Å². The molecule has 1 aromatic carbocycles. The van der Waals surface area contributed by atoms with Crippen LogP contribution >= 0.6 is 0 Å². The summed E-state index contributed by atoms with van der Waals surface area (Å²) >= 11 is 0. The smallest absolute Gasteiger partial charge is 0.476 e. The molecule has 0 saturated carbocycles. The molecule has 0 amide bonds. The van der Waals surface area contributed by atoms with Gasteiger partial charge in [0.25, 0.3) is 0 Å². The average molecular weight is 352 g/mol. The fourth-order valence-electron chi connectivity index (χ4n) is 2.38. The van der Waals surface area contributed by atoms with E-state index >= 15 is 0 Å². The van der Waals surface area contributed by atoms with Crippen LogP contribution in [0.1, 0.15) is 48.5 Å². The Morgan fingerprint density at radius 2 is 1.76 bits per heavy atom. The summed E-state index contributed by atoms with van der Waals surface area (Å²) in [5.41, 5.74) is -2.12. The number of ether oxygens (including phenoxy) is 2. The Labute approximate surface area is 148 Å². The van der Waals surface area contributed by atoms with Crippen LogP contribution in [0, 0.1) is 5.82 Å². The summed E-state index contributed by atoms with van der Waals surface area (Å²) in [6.07, 6.45) is 0. The van der Waals surface area contributed by atoms with Gasteiger partial charge >= 0.3 is 13.1 Å². The Balaban J connectivity index is 2.26. The van der Waals surface area contributed by atoms with Crippen LogP contribution in [0.3, 0.4) is 0 Å². The highest BCUT2D eigenvalue weighted by Crippen LogP contribution is 2.37. The van der Waals surface area contributed by atoms with E-state index in [1.165, 1.54) is 18.2 Å². The molecule has 5 nitrogen and oxygen atoms in total. The van der Waals surface area contributed by atoms with Gasteiger partial charge in [0.1, 0.15) is 11.6 Å². The van der Waals surface area contributed by atoms with Gasteiger partial charge in [-0.1, -0.05) is 0 Å². The van der Waals surface area contributed by atoms with Crippen LogP contribution < -0.4 is 10.2 Å². The van der Waals surface area contributed by atoms with Gasteiger partial charge in [0.2, 0.25) is 0 Å². The number of carbonyl (C=O) groups excluding carboxylic acids is 1. The first kappa shape index (κ1) is 19.7. The lowest BCUT2D eigenvalue weighted by molar-refractivity contribution is -0.158. The molecule has 0 aromatic heterocycles. The normalized spacial score (nSPS) is 19.0. The molecule has 138 valence electrons. The number of esters is 1. The molecular weight excluding hydrogens is 326 g/mol. The zero-order valence-corrected chi connectivity index (χ0v) is 15.9. The number of hydrogen-bond acceptors (Lipinski definition) is 5. The monoisotopic (exact) mass is 352 g/mol. The first-order chi connectivity index (χ1) is 11.4. The number of halogens is 1. The number of benzene rings is 1. The molecule has 7 heteroatoms. The van der Waals surface area contributed by atoms with E-state index in [4.69, 9.17) is 18.8 Å². The van der Waals surface area contributed by atoms with E-state index in [1.807, 2.05) is 27.7 Å². The first-order valence-corrected chi connectivity index (χ1v) is 8.41. The molecule has 0 bridgehead atoms. The van der Waals surface area contributed by atoms with Crippen molar-refractivity contribution in [1.82, 2.24) is 0 Å². The van der Waals surface area contributed by atoms with Crippen LogP contribution in [0.15, 0.2) is 18.2 Å². The Hall–Kier alpha value is -1.60. The molecule has 2 rings (SSSR count). The van der Waals surface area contributed by atoms with Gasteiger partial charge in [-0.3, -0.25) is 0 Å². The fourth-order valence-corrected chi connectivity index (χ4v) is 2.38. The molecule has 1 saturated heterocycles. The highest BCUT2D eigenvalue weighted by atomic mass is 19.1. The third-order valence-electron chi connectivity index (χ3n) is 4.61. The zero-order chi connectivity index (χ0) is 19.0. The van der Waals surface area contributed by atoms with Crippen molar-refractivity contribution in [3.05, 3.63) is 24.0 Å². The second-order valence-corrected chi connectivity index (χ2v) is 7.60. The second-order valence-electron chi connectivity index (χ2n) is 7.60. The van der Waals surface area contributed by atoms with Crippen molar-refractivity contribution < 1.29 is 28.0 Å². The number of rotatable bonds is 5. The van der Waals surface area contributed by atoms with Gasteiger partial charge in [0.05, 0.1) is 17.8 Å². The summed E-state index contributed by atoms with van der Waals surface area (Å²) < 4.78 is 36.8.